The van der Waals surface area contributed by atoms with Crippen LogP contribution < -0.4 is 10.2 Å². The van der Waals surface area contributed by atoms with Crippen molar-refractivity contribution in [1.29, 1.82) is 0 Å². The zero-order valence-corrected chi connectivity index (χ0v) is 19.9. The molecule has 2 aromatic carbocycles. The van der Waals surface area contributed by atoms with Crippen LogP contribution in [0, 0.1) is 13.8 Å². The van der Waals surface area contributed by atoms with Crippen molar-refractivity contribution in [2.24, 2.45) is 0 Å². The molecule has 1 aromatic heterocycles. The van der Waals surface area contributed by atoms with Crippen LogP contribution in [0.2, 0.25) is 0 Å². The molecule has 11 heteroatoms. The Balaban J connectivity index is 0.000000388. The van der Waals surface area contributed by atoms with Gasteiger partial charge in [0.25, 0.3) is 5.91 Å². The Bertz CT molecular complexity index is 1270. The van der Waals surface area contributed by atoms with Crippen LogP contribution in [0.15, 0.2) is 57.7 Å². The van der Waals surface area contributed by atoms with E-state index in [0.717, 1.165) is 16.9 Å². The summed E-state index contributed by atoms with van der Waals surface area (Å²) in [4.78, 5) is 45.9. The summed E-state index contributed by atoms with van der Waals surface area (Å²) < 4.78 is 11.3. The molecule has 2 unspecified atom stereocenters. The maximum atomic E-state index is 12.6. The number of aliphatic carboxylic acids is 2. The Labute approximate surface area is 205 Å². The van der Waals surface area contributed by atoms with Gasteiger partial charge < -0.3 is 34.5 Å². The Morgan fingerprint density at radius 1 is 0.944 bits per heavy atom. The van der Waals surface area contributed by atoms with Gasteiger partial charge in [0.2, 0.25) is 0 Å². The molecular weight excluding hydrogens is 474 g/mol. The SMILES string of the molecule is Cc1cc2oc(C(=O)N(C)CCOc3ccccc3)cc(=O)c2cc1C.O=C(O)C(O)C(O)C(=O)O. The number of carbonyl (C=O) groups is 3. The molecule has 11 nitrogen and oxygen atoms in total. The van der Waals surface area contributed by atoms with E-state index in [-0.39, 0.29) is 17.1 Å². The first-order valence-electron chi connectivity index (χ1n) is 10.7. The molecule has 0 radical (unpaired) electrons. The second-order valence-electron chi connectivity index (χ2n) is 7.86. The molecule has 0 bridgehead atoms. The van der Waals surface area contributed by atoms with Crippen LogP contribution in [0.25, 0.3) is 11.0 Å². The minimum Gasteiger partial charge on any atom is -0.492 e. The fourth-order valence-corrected chi connectivity index (χ4v) is 2.89. The third-order valence-electron chi connectivity index (χ3n) is 5.14. The van der Waals surface area contributed by atoms with Gasteiger partial charge >= 0.3 is 11.9 Å². The lowest BCUT2D eigenvalue weighted by molar-refractivity contribution is -0.165. The molecule has 0 aliphatic heterocycles. The predicted molar refractivity (Wildman–Crippen MR) is 128 cm³/mol. The van der Waals surface area contributed by atoms with Crippen molar-refractivity contribution in [3.63, 3.8) is 0 Å². The average molecular weight is 501 g/mol. The number of benzene rings is 2. The fourth-order valence-electron chi connectivity index (χ4n) is 2.89. The van der Waals surface area contributed by atoms with Crippen molar-refractivity contribution in [2.75, 3.05) is 20.2 Å². The molecule has 4 N–H and O–H groups in total. The summed E-state index contributed by atoms with van der Waals surface area (Å²) in [7, 11) is 1.65. The molecule has 2 atom stereocenters. The van der Waals surface area contributed by atoms with Crippen molar-refractivity contribution in [3.05, 3.63) is 75.6 Å². The first-order chi connectivity index (χ1) is 16.9. The number of aliphatic hydroxyl groups excluding tert-OH is 2. The monoisotopic (exact) mass is 501 g/mol. The van der Waals surface area contributed by atoms with Crippen LogP contribution in [0.5, 0.6) is 5.75 Å². The van der Waals surface area contributed by atoms with Crippen molar-refractivity contribution in [2.45, 2.75) is 26.1 Å². The summed E-state index contributed by atoms with van der Waals surface area (Å²) in [5.41, 5.74) is 2.23. The summed E-state index contributed by atoms with van der Waals surface area (Å²) in [6, 6.07) is 14.2. The van der Waals surface area contributed by atoms with Gasteiger partial charge in [0.1, 0.15) is 17.9 Å². The Morgan fingerprint density at radius 3 is 2.06 bits per heavy atom. The number of carboxylic acid groups (broad SMARTS) is 2. The number of hydrogen-bond donors (Lipinski definition) is 4. The summed E-state index contributed by atoms with van der Waals surface area (Å²) >= 11 is 0. The predicted octanol–water partition coefficient (Wildman–Crippen LogP) is 1.44. The zero-order chi connectivity index (χ0) is 27.0. The number of para-hydroxylation sites is 1. The largest absolute Gasteiger partial charge is 0.492 e. The Hall–Kier alpha value is -4.22. The first kappa shape index (κ1) is 28.0. The van der Waals surface area contributed by atoms with Crippen LogP contribution >= 0.6 is 0 Å². The summed E-state index contributed by atoms with van der Waals surface area (Å²) in [5, 5.41) is 33.0. The van der Waals surface area contributed by atoms with E-state index >= 15 is 0 Å². The molecule has 0 spiro atoms. The van der Waals surface area contributed by atoms with Gasteiger partial charge in [-0.2, -0.15) is 0 Å². The molecule has 1 amide bonds. The molecule has 36 heavy (non-hydrogen) atoms. The number of nitrogens with zero attached hydrogens (tertiary/aromatic N) is 1. The van der Waals surface area contributed by atoms with Gasteiger partial charge in [-0.15, -0.1) is 0 Å². The highest BCUT2D eigenvalue weighted by Gasteiger charge is 2.29. The van der Waals surface area contributed by atoms with E-state index in [0.29, 0.717) is 24.1 Å². The maximum Gasteiger partial charge on any atom is 0.335 e. The number of carbonyl (C=O) groups excluding carboxylic acids is 1. The Kier molecular flexibility index (Phi) is 9.71. The number of ether oxygens (including phenoxy) is 1. The van der Waals surface area contributed by atoms with Crippen LogP contribution in [0.4, 0.5) is 0 Å². The van der Waals surface area contributed by atoms with Crippen LogP contribution in [0.3, 0.4) is 0 Å². The van der Waals surface area contributed by atoms with Crippen molar-refractivity contribution in [1.82, 2.24) is 4.90 Å². The summed E-state index contributed by atoms with van der Waals surface area (Å²) in [5.74, 6) is -3.10. The van der Waals surface area contributed by atoms with Gasteiger partial charge in [0, 0.05) is 13.1 Å². The minimum absolute atomic E-state index is 0.0352. The molecule has 0 saturated carbocycles. The smallest absolute Gasteiger partial charge is 0.335 e. The molecule has 3 aromatic rings. The Morgan fingerprint density at radius 2 is 1.50 bits per heavy atom. The number of fused-ring (bicyclic) bond motifs is 1. The van der Waals surface area contributed by atoms with E-state index in [4.69, 9.17) is 29.6 Å². The molecule has 3 rings (SSSR count). The molecule has 0 aliphatic rings. The third kappa shape index (κ3) is 7.39. The summed E-state index contributed by atoms with van der Waals surface area (Å²) in [6.07, 6.45) is -4.53. The number of aliphatic hydroxyl groups is 2. The maximum absolute atomic E-state index is 12.6. The standard InChI is InChI=1S/C21H21NO4.C4H6O6/c1-14-11-17-18(23)13-20(26-19(17)12-15(14)2)21(24)22(3)9-10-25-16-7-5-4-6-8-16;5-1(3(7)8)2(6)4(9)10/h4-8,11-13H,9-10H2,1-3H3;1-2,5-6H,(H,7,8)(H,9,10). The van der Waals surface area contributed by atoms with E-state index in [2.05, 4.69) is 0 Å². The topological polar surface area (TPSA) is 175 Å². The molecule has 0 fully saturated rings. The van der Waals surface area contributed by atoms with Crippen LogP contribution in [-0.4, -0.2) is 75.6 Å². The lowest BCUT2D eigenvalue weighted by Crippen LogP contribution is -2.39. The van der Waals surface area contributed by atoms with E-state index in [1.807, 2.05) is 44.2 Å². The normalized spacial score (nSPS) is 12.1. The van der Waals surface area contributed by atoms with Crippen molar-refractivity contribution < 1.29 is 44.0 Å². The minimum atomic E-state index is -2.27. The molecule has 0 saturated heterocycles. The quantitative estimate of drug-likeness (QED) is 0.353. The van der Waals surface area contributed by atoms with Gasteiger partial charge in [0.15, 0.2) is 23.4 Å². The third-order valence-corrected chi connectivity index (χ3v) is 5.14. The first-order valence-corrected chi connectivity index (χ1v) is 10.7. The summed E-state index contributed by atoms with van der Waals surface area (Å²) in [6.45, 7) is 4.61. The second kappa shape index (κ2) is 12.5. The number of hydrogen-bond acceptors (Lipinski definition) is 8. The van der Waals surface area contributed by atoms with E-state index < -0.39 is 24.1 Å². The number of rotatable bonds is 8. The number of carboxylic acids is 2. The molecular formula is C25H27NO10. The second-order valence-corrected chi connectivity index (χ2v) is 7.86. The molecule has 192 valence electrons. The number of aryl methyl sites for hydroxylation is 2. The van der Waals surface area contributed by atoms with E-state index in [9.17, 15) is 19.2 Å². The van der Waals surface area contributed by atoms with Gasteiger partial charge in [-0.25, -0.2) is 9.59 Å². The van der Waals surface area contributed by atoms with Crippen molar-refractivity contribution >= 4 is 28.8 Å². The lowest BCUT2D eigenvalue weighted by atomic mass is 10.1. The highest BCUT2D eigenvalue weighted by Crippen LogP contribution is 2.18. The van der Waals surface area contributed by atoms with Crippen LogP contribution in [0.1, 0.15) is 21.7 Å². The van der Waals surface area contributed by atoms with Gasteiger partial charge in [-0.3, -0.25) is 9.59 Å². The van der Waals surface area contributed by atoms with Gasteiger partial charge in [-0.05, 0) is 49.2 Å². The average Bonchev–Trinajstić information content (AvgIpc) is 2.84. The number of amides is 1. The van der Waals surface area contributed by atoms with E-state index in [1.54, 1.807) is 19.2 Å². The lowest BCUT2D eigenvalue weighted by Gasteiger charge is -2.17. The van der Waals surface area contributed by atoms with Gasteiger partial charge in [0.05, 0.1) is 11.9 Å². The number of likely N-dealkylation sites (N-methyl/N-ethyl adjacent to an activating group) is 1. The highest BCUT2D eigenvalue weighted by molar-refractivity contribution is 5.93. The van der Waals surface area contributed by atoms with Crippen LogP contribution in [-0.2, 0) is 9.59 Å². The highest BCUT2D eigenvalue weighted by atomic mass is 16.5. The van der Waals surface area contributed by atoms with Gasteiger partial charge in [-0.1, -0.05) is 18.2 Å². The van der Waals surface area contributed by atoms with Crippen molar-refractivity contribution in [3.8, 4) is 5.75 Å². The van der Waals surface area contributed by atoms with E-state index in [1.165, 1.54) is 11.0 Å². The zero-order valence-electron chi connectivity index (χ0n) is 19.9. The molecule has 0 aliphatic carbocycles. The fraction of sp³-hybridized carbons (Fsp3) is 0.280. The molecule has 1 heterocycles.